The summed E-state index contributed by atoms with van der Waals surface area (Å²) >= 11 is 0. The van der Waals surface area contributed by atoms with Crippen LogP contribution in [0.5, 0.6) is 0 Å². The number of aliphatic carboxylic acids is 1. The summed E-state index contributed by atoms with van der Waals surface area (Å²) in [5.41, 5.74) is -0.0474. The molecule has 4 saturated carbocycles. The monoisotopic (exact) mass is 390 g/mol. The molecular formula is C24H38O4. The van der Waals surface area contributed by atoms with Gasteiger partial charge in [0.25, 0.3) is 0 Å². The van der Waals surface area contributed by atoms with E-state index in [4.69, 9.17) is 4.74 Å². The first-order chi connectivity index (χ1) is 13.1. The van der Waals surface area contributed by atoms with Crippen molar-refractivity contribution >= 4 is 11.9 Å². The third-order valence-electron chi connectivity index (χ3n) is 9.67. The Morgan fingerprint density at radius 2 is 1.79 bits per heavy atom. The predicted molar refractivity (Wildman–Crippen MR) is 108 cm³/mol. The third-order valence-corrected chi connectivity index (χ3v) is 9.67. The number of carbonyl (C=O) groups is 2. The number of ether oxygens (including phenoxy) is 1. The standard InChI is InChI=1S/C24H38O4/c1-15(2)20(25)28-14-17-13-24-11-8-18-22(3,19(24)7-6-16(17)12-24)9-5-10-23(18,4)21(26)27/h15-19H,5-14H2,1-4H3,(H,26,27)/t16-,17+,18-,19-,22+,23?,24-/m1/s1. The molecule has 0 amide bonds. The van der Waals surface area contributed by atoms with Crippen LogP contribution < -0.4 is 0 Å². The fourth-order valence-electron chi connectivity index (χ4n) is 8.39. The van der Waals surface area contributed by atoms with E-state index in [1.807, 2.05) is 20.8 Å². The first-order valence-corrected chi connectivity index (χ1v) is 11.5. The van der Waals surface area contributed by atoms with E-state index in [0.717, 1.165) is 19.3 Å². The Bertz CT molecular complexity index is 657. The van der Waals surface area contributed by atoms with E-state index >= 15 is 0 Å². The number of hydrogen-bond donors (Lipinski definition) is 1. The van der Waals surface area contributed by atoms with Crippen LogP contribution in [-0.2, 0) is 14.3 Å². The first-order valence-electron chi connectivity index (χ1n) is 11.5. The van der Waals surface area contributed by atoms with Gasteiger partial charge in [-0.3, -0.25) is 9.59 Å². The molecular weight excluding hydrogens is 352 g/mol. The summed E-state index contributed by atoms with van der Waals surface area (Å²) in [6, 6.07) is 0. The lowest BCUT2D eigenvalue weighted by atomic mass is 9.41. The van der Waals surface area contributed by atoms with Crippen molar-refractivity contribution in [1.82, 2.24) is 0 Å². The molecule has 28 heavy (non-hydrogen) atoms. The maximum absolute atomic E-state index is 12.2. The second kappa shape index (κ2) is 6.74. The van der Waals surface area contributed by atoms with Crippen molar-refractivity contribution in [2.45, 2.75) is 85.5 Å². The molecule has 4 fully saturated rings. The third kappa shape index (κ3) is 2.84. The molecule has 0 aromatic carbocycles. The molecule has 0 saturated heterocycles. The van der Waals surface area contributed by atoms with Crippen LogP contribution in [0, 0.1) is 45.8 Å². The largest absolute Gasteiger partial charge is 0.481 e. The molecule has 1 spiro atoms. The lowest BCUT2D eigenvalue weighted by molar-refractivity contribution is -0.181. The van der Waals surface area contributed by atoms with Gasteiger partial charge in [0, 0.05) is 0 Å². The molecule has 4 heteroatoms. The van der Waals surface area contributed by atoms with Crippen molar-refractivity contribution in [3.05, 3.63) is 0 Å². The van der Waals surface area contributed by atoms with E-state index in [2.05, 4.69) is 6.92 Å². The van der Waals surface area contributed by atoms with Gasteiger partial charge in [-0.15, -0.1) is 0 Å². The van der Waals surface area contributed by atoms with Crippen LogP contribution in [0.15, 0.2) is 0 Å². The van der Waals surface area contributed by atoms with Gasteiger partial charge < -0.3 is 9.84 Å². The lowest BCUT2D eigenvalue weighted by Crippen LogP contribution is -2.58. The smallest absolute Gasteiger partial charge is 0.309 e. The second-order valence-corrected chi connectivity index (χ2v) is 11.4. The summed E-state index contributed by atoms with van der Waals surface area (Å²) < 4.78 is 5.65. The molecule has 4 rings (SSSR count). The van der Waals surface area contributed by atoms with E-state index in [0.29, 0.717) is 35.7 Å². The van der Waals surface area contributed by atoms with E-state index in [1.54, 1.807) is 0 Å². The van der Waals surface area contributed by atoms with Crippen molar-refractivity contribution < 1.29 is 19.4 Å². The number of carboxylic acids is 1. The van der Waals surface area contributed by atoms with Gasteiger partial charge in [0.05, 0.1) is 17.9 Å². The number of esters is 1. The molecule has 7 atom stereocenters. The Balaban J connectivity index is 1.55. The van der Waals surface area contributed by atoms with Crippen molar-refractivity contribution in [1.29, 1.82) is 0 Å². The van der Waals surface area contributed by atoms with Crippen molar-refractivity contribution in [3.8, 4) is 0 Å². The van der Waals surface area contributed by atoms with E-state index in [-0.39, 0.29) is 17.3 Å². The molecule has 1 unspecified atom stereocenters. The van der Waals surface area contributed by atoms with Crippen molar-refractivity contribution in [2.75, 3.05) is 6.61 Å². The highest BCUT2D eigenvalue weighted by molar-refractivity contribution is 5.75. The summed E-state index contributed by atoms with van der Waals surface area (Å²) in [7, 11) is 0. The zero-order valence-electron chi connectivity index (χ0n) is 18.1. The van der Waals surface area contributed by atoms with Crippen LogP contribution in [0.3, 0.4) is 0 Å². The van der Waals surface area contributed by atoms with Crippen LogP contribution in [-0.4, -0.2) is 23.7 Å². The second-order valence-electron chi connectivity index (χ2n) is 11.4. The van der Waals surface area contributed by atoms with E-state index in [9.17, 15) is 14.7 Å². The Labute approximate surface area is 169 Å². The molecule has 0 aliphatic heterocycles. The molecule has 0 heterocycles. The Hall–Kier alpha value is -1.06. The lowest BCUT2D eigenvalue weighted by Gasteiger charge is -2.63. The number of fused-ring (bicyclic) bond motifs is 3. The topological polar surface area (TPSA) is 63.6 Å². The minimum Gasteiger partial charge on any atom is -0.481 e. The molecule has 0 radical (unpaired) electrons. The van der Waals surface area contributed by atoms with Crippen LogP contribution in [0.2, 0.25) is 0 Å². The molecule has 0 aromatic heterocycles. The number of hydrogen-bond acceptors (Lipinski definition) is 3. The number of carboxylic acid groups (broad SMARTS) is 1. The molecule has 0 aromatic rings. The summed E-state index contributed by atoms with van der Waals surface area (Å²) in [4.78, 5) is 24.2. The molecule has 158 valence electrons. The van der Waals surface area contributed by atoms with Gasteiger partial charge in [-0.05, 0) is 92.8 Å². The zero-order valence-corrected chi connectivity index (χ0v) is 18.1. The van der Waals surface area contributed by atoms with Crippen LogP contribution in [0.25, 0.3) is 0 Å². The number of carbonyl (C=O) groups excluding carboxylic acids is 1. The quantitative estimate of drug-likeness (QED) is 0.662. The van der Waals surface area contributed by atoms with Crippen LogP contribution in [0.4, 0.5) is 0 Å². The van der Waals surface area contributed by atoms with Gasteiger partial charge in [0.2, 0.25) is 0 Å². The van der Waals surface area contributed by atoms with Crippen molar-refractivity contribution in [3.63, 3.8) is 0 Å². The Kier molecular flexibility index (Phi) is 4.87. The SMILES string of the molecule is CC(C)C(=O)OC[C@@H]1C[C@]23CC[C@H]4C(C)(C(=O)O)CCC[C@]4(C)[C@H]2CC[C@@H]1C3. The summed E-state index contributed by atoms with van der Waals surface area (Å²) in [6.45, 7) is 8.83. The normalized spacial score (nSPS) is 47.3. The maximum atomic E-state index is 12.2. The summed E-state index contributed by atoms with van der Waals surface area (Å²) in [6.07, 6.45) is 10.2. The number of rotatable bonds is 4. The molecule has 2 bridgehead atoms. The maximum Gasteiger partial charge on any atom is 0.309 e. The Morgan fingerprint density at radius 3 is 2.46 bits per heavy atom. The zero-order chi connectivity index (χ0) is 20.3. The highest BCUT2D eigenvalue weighted by Gasteiger charge is 2.65. The van der Waals surface area contributed by atoms with Gasteiger partial charge in [0.15, 0.2) is 0 Å². The Morgan fingerprint density at radius 1 is 1.04 bits per heavy atom. The highest BCUT2D eigenvalue weighted by atomic mass is 16.5. The minimum absolute atomic E-state index is 0.0584. The first kappa shape index (κ1) is 20.2. The fourth-order valence-corrected chi connectivity index (χ4v) is 8.39. The van der Waals surface area contributed by atoms with E-state index < -0.39 is 11.4 Å². The molecule has 4 aliphatic carbocycles. The minimum atomic E-state index is -0.585. The van der Waals surface area contributed by atoms with Gasteiger partial charge in [-0.25, -0.2) is 0 Å². The molecule has 4 aliphatic rings. The van der Waals surface area contributed by atoms with Crippen LogP contribution in [0.1, 0.15) is 85.5 Å². The van der Waals surface area contributed by atoms with E-state index in [1.165, 1.54) is 38.5 Å². The summed E-state index contributed by atoms with van der Waals surface area (Å²) in [5.74, 6) is 1.41. The molecule has 4 nitrogen and oxygen atoms in total. The van der Waals surface area contributed by atoms with Gasteiger partial charge in [-0.2, -0.15) is 0 Å². The molecule has 1 N–H and O–H groups in total. The summed E-state index contributed by atoms with van der Waals surface area (Å²) in [5, 5.41) is 10.0. The average molecular weight is 391 g/mol. The fraction of sp³-hybridized carbons (Fsp3) is 0.917. The average Bonchev–Trinajstić information content (AvgIpc) is 2.89. The van der Waals surface area contributed by atoms with Crippen molar-refractivity contribution in [2.24, 2.45) is 45.8 Å². The predicted octanol–water partition coefficient (Wildman–Crippen LogP) is 5.30. The van der Waals surface area contributed by atoms with Gasteiger partial charge in [-0.1, -0.05) is 27.2 Å². The van der Waals surface area contributed by atoms with Gasteiger partial charge in [0.1, 0.15) is 0 Å². The highest BCUT2D eigenvalue weighted by Crippen LogP contribution is 2.72. The van der Waals surface area contributed by atoms with Gasteiger partial charge >= 0.3 is 11.9 Å². The van der Waals surface area contributed by atoms with Crippen LogP contribution >= 0.6 is 0 Å².